The summed E-state index contributed by atoms with van der Waals surface area (Å²) in [6.07, 6.45) is 19.1. The number of pyridine rings is 4. The van der Waals surface area contributed by atoms with Gasteiger partial charge in [0, 0.05) is 34.6 Å². The molecule has 1 aliphatic rings. The SMILES string of the molecule is Cc1cc(C)c[n+](C2=CNc3cccnc3N=CC([n+]3cc(C)cc(C)c3)=CNc3ncccc3N=C2)c1. The fraction of sp³-hybridized carbons (Fsp3) is 0.133. The van der Waals surface area contributed by atoms with Crippen LogP contribution in [0.15, 0.2) is 96.0 Å². The van der Waals surface area contributed by atoms with Crippen LogP contribution in [0.4, 0.5) is 23.0 Å². The van der Waals surface area contributed by atoms with Crippen molar-refractivity contribution in [3.8, 4) is 0 Å². The monoisotopic (exact) mass is 502 g/mol. The molecule has 188 valence electrons. The van der Waals surface area contributed by atoms with Gasteiger partial charge in [0.25, 0.3) is 0 Å². The van der Waals surface area contributed by atoms with E-state index < -0.39 is 0 Å². The minimum Gasteiger partial charge on any atom is -0.353 e. The maximum absolute atomic E-state index is 4.81. The summed E-state index contributed by atoms with van der Waals surface area (Å²) in [5.41, 5.74) is 7.72. The second-order valence-corrected chi connectivity index (χ2v) is 9.28. The highest BCUT2D eigenvalue weighted by Gasteiger charge is 2.14. The largest absolute Gasteiger partial charge is 0.353 e. The summed E-state index contributed by atoms with van der Waals surface area (Å²) in [5, 5.41) is 6.73. The molecule has 8 nitrogen and oxygen atoms in total. The molecule has 0 bridgehead atoms. The van der Waals surface area contributed by atoms with Crippen molar-refractivity contribution in [2.45, 2.75) is 27.7 Å². The molecule has 38 heavy (non-hydrogen) atoms. The van der Waals surface area contributed by atoms with E-state index in [0.717, 1.165) is 39.3 Å². The molecule has 0 amide bonds. The summed E-state index contributed by atoms with van der Waals surface area (Å²) in [5.74, 6) is 1.20. The van der Waals surface area contributed by atoms with Gasteiger partial charge in [0.15, 0.2) is 36.4 Å². The Morgan fingerprint density at radius 1 is 0.632 bits per heavy atom. The first-order valence-electron chi connectivity index (χ1n) is 12.4. The average molecular weight is 503 g/mol. The number of aryl methyl sites for hydroxylation is 4. The van der Waals surface area contributed by atoms with E-state index in [1.54, 1.807) is 18.6 Å². The van der Waals surface area contributed by atoms with Crippen LogP contribution < -0.4 is 19.8 Å². The zero-order chi connectivity index (χ0) is 26.5. The highest BCUT2D eigenvalue weighted by Crippen LogP contribution is 2.24. The Labute approximate surface area is 222 Å². The fourth-order valence-corrected chi connectivity index (χ4v) is 4.26. The maximum atomic E-state index is 4.81. The Morgan fingerprint density at radius 2 is 1.18 bits per heavy atom. The standard InChI is InChI=1S/C30H30N8/c1-21-11-22(2)18-37(17-21)25-13-33-27-7-5-9-31-29(27)35-15-26(38-19-23(3)12-24(4)20-38)16-36-30-28(34-14-25)8-6-10-32-30/h5-20,33H,1-4H3,(H,32,36)/q+2. The van der Waals surface area contributed by atoms with E-state index in [0.29, 0.717) is 17.3 Å². The molecule has 2 N–H and O–H groups in total. The molecule has 0 unspecified atom stereocenters. The molecule has 0 spiro atoms. The van der Waals surface area contributed by atoms with Crippen LogP contribution >= 0.6 is 0 Å². The molecule has 5 rings (SSSR count). The van der Waals surface area contributed by atoms with Crippen LogP contribution in [0, 0.1) is 27.7 Å². The third-order valence-electron chi connectivity index (χ3n) is 5.84. The number of aliphatic imine (C=N–C) groups is 2. The predicted molar refractivity (Wildman–Crippen MR) is 153 cm³/mol. The Morgan fingerprint density at radius 3 is 1.84 bits per heavy atom. The third-order valence-corrected chi connectivity index (χ3v) is 5.84. The van der Waals surface area contributed by atoms with Gasteiger partial charge in [-0.1, -0.05) is 0 Å². The molecule has 0 aliphatic carbocycles. The number of fused-ring (bicyclic) bond motifs is 2. The topological polar surface area (TPSA) is 82.3 Å². The van der Waals surface area contributed by atoms with Crippen LogP contribution in [-0.4, -0.2) is 22.4 Å². The Balaban J connectivity index is 1.66. The Hall–Kier alpha value is -4.98. The molecule has 0 saturated heterocycles. The molecule has 4 aromatic heterocycles. The van der Waals surface area contributed by atoms with Crippen molar-refractivity contribution in [3.05, 3.63) is 108 Å². The number of hydrogen-bond acceptors (Lipinski definition) is 6. The summed E-state index contributed by atoms with van der Waals surface area (Å²) < 4.78 is 4.08. The van der Waals surface area contributed by atoms with Gasteiger partial charge < -0.3 is 10.6 Å². The van der Waals surface area contributed by atoms with Crippen LogP contribution in [-0.2, 0) is 0 Å². The van der Waals surface area contributed by atoms with Crippen molar-refractivity contribution in [1.29, 1.82) is 0 Å². The van der Waals surface area contributed by atoms with Gasteiger partial charge >= 0.3 is 0 Å². The molecule has 0 aromatic carbocycles. The summed E-state index contributed by atoms with van der Waals surface area (Å²) in [6, 6.07) is 11.9. The first-order chi connectivity index (χ1) is 18.4. The minimum absolute atomic E-state index is 0.567. The van der Waals surface area contributed by atoms with Crippen molar-refractivity contribution in [2.75, 3.05) is 10.6 Å². The van der Waals surface area contributed by atoms with Crippen LogP contribution in [0.3, 0.4) is 0 Å². The number of nitrogens with one attached hydrogen (secondary N) is 2. The minimum atomic E-state index is 0.567. The number of rotatable bonds is 2. The van der Waals surface area contributed by atoms with Crippen molar-refractivity contribution in [3.63, 3.8) is 0 Å². The van der Waals surface area contributed by atoms with Gasteiger partial charge in [-0.25, -0.2) is 20.0 Å². The van der Waals surface area contributed by atoms with Crippen molar-refractivity contribution in [2.24, 2.45) is 9.98 Å². The summed E-state index contributed by atoms with van der Waals surface area (Å²) >= 11 is 0. The Bertz CT molecular complexity index is 1450. The van der Waals surface area contributed by atoms with E-state index >= 15 is 0 Å². The highest BCUT2D eigenvalue weighted by atomic mass is 15.1. The smallest absolute Gasteiger partial charge is 0.245 e. The lowest BCUT2D eigenvalue weighted by Crippen LogP contribution is -2.34. The van der Waals surface area contributed by atoms with E-state index in [2.05, 4.69) is 85.2 Å². The molecule has 4 aromatic rings. The fourth-order valence-electron chi connectivity index (χ4n) is 4.26. The highest BCUT2D eigenvalue weighted by molar-refractivity contribution is 6.01. The zero-order valence-electron chi connectivity index (χ0n) is 21.9. The lowest BCUT2D eigenvalue weighted by Gasteiger charge is -2.07. The lowest BCUT2D eigenvalue weighted by atomic mass is 10.2. The summed E-state index contributed by atoms with van der Waals surface area (Å²) in [7, 11) is 0. The van der Waals surface area contributed by atoms with Crippen molar-refractivity contribution < 1.29 is 9.13 Å². The number of allylic oxidation sites excluding steroid dienone is 2. The van der Waals surface area contributed by atoms with Crippen LogP contribution in [0.25, 0.3) is 11.4 Å². The Kier molecular flexibility index (Phi) is 7.13. The molecule has 5 heterocycles. The number of nitrogens with zero attached hydrogens (tertiary/aromatic N) is 6. The molecule has 0 fully saturated rings. The van der Waals surface area contributed by atoms with Gasteiger partial charge in [-0.2, -0.15) is 9.13 Å². The van der Waals surface area contributed by atoms with E-state index in [4.69, 9.17) is 9.98 Å². The zero-order valence-corrected chi connectivity index (χ0v) is 21.9. The van der Waals surface area contributed by atoms with E-state index in [9.17, 15) is 0 Å². The number of anilines is 2. The van der Waals surface area contributed by atoms with Gasteiger partial charge in [-0.15, -0.1) is 0 Å². The van der Waals surface area contributed by atoms with Gasteiger partial charge in [0.05, 0.1) is 18.1 Å². The van der Waals surface area contributed by atoms with Gasteiger partial charge in [0.2, 0.25) is 11.4 Å². The number of aromatic nitrogens is 4. The normalized spacial score (nSPS) is 13.3. The molecular weight excluding hydrogens is 472 g/mol. The quantitative estimate of drug-likeness (QED) is 0.368. The lowest BCUT2D eigenvalue weighted by molar-refractivity contribution is -0.576. The first-order valence-corrected chi connectivity index (χ1v) is 12.4. The maximum Gasteiger partial charge on any atom is 0.245 e. The molecule has 1 aliphatic heterocycles. The van der Waals surface area contributed by atoms with Crippen LogP contribution in [0.2, 0.25) is 0 Å². The molecule has 0 saturated carbocycles. The molecule has 0 radical (unpaired) electrons. The molecule has 8 heteroatoms. The van der Waals surface area contributed by atoms with Gasteiger partial charge in [0.1, 0.15) is 18.1 Å². The van der Waals surface area contributed by atoms with E-state index in [-0.39, 0.29) is 0 Å². The molecule has 0 atom stereocenters. The summed E-state index contributed by atoms with van der Waals surface area (Å²) in [4.78, 5) is 18.6. The van der Waals surface area contributed by atoms with E-state index in [1.807, 2.05) is 52.0 Å². The molecular formula is C30H30N8+2. The third kappa shape index (κ3) is 5.87. The van der Waals surface area contributed by atoms with Gasteiger partial charge in [-0.05, 0) is 64.1 Å². The van der Waals surface area contributed by atoms with Crippen molar-refractivity contribution >= 4 is 46.8 Å². The number of hydrogen-bond donors (Lipinski definition) is 2. The van der Waals surface area contributed by atoms with E-state index in [1.165, 1.54) is 0 Å². The average Bonchev–Trinajstić information content (AvgIpc) is 2.88. The second-order valence-electron chi connectivity index (χ2n) is 9.28. The van der Waals surface area contributed by atoms with Crippen LogP contribution in [0.1, 0.15) is 22.3 Å². The summed E-state index contributed by atoms with van der Waals surface area (Å²) in [6.45, 7) is 8.29. The van der Waals surface area contributed by atoms with Crippen LogP contribution in [0.5, 0.6) is 0 Å². The van der Waals surface area contributed by atoms with Crippen molar-refractivity contribution in [1.82, 2.24) is 9.97 Å². The second kappa shape index (κ2) is 11.0. The first kappa shape index (κ1) is 24.7. The van der Waals surface area contributed by atoms with Gasteiger partial charge in [-0.3, -0.25) is 0 Å². The predicted octanol–water partition coefficient (Wildman–Crippen LogP) is 5.22.